The molecule has 3 rings (SSSR count). The van der Waals surface area contributed by atoms with Crippen LogP contribution in [0.4, 0.5) is 0 Å². The minimum atomic E-state index is -2.78. The zero-order valence-electron chi connectivity index (χ0n) is 8.85. The van der Waals surface area contributed by atoms with E-state index in [0.29, 0.717) is 11.5 Å². The number of rotatable bonds is 2. The summed E-state index contributed by atoms with van der Waals surface area (Å²) in [5.41, 5.74) is 0. The van der Waals surface area contributed by atoms with Gasteiger partial charge in [0, 0.05) is 31.7 Å². The maximum atomic E-state index is 11.6. The summed E-state index contributed by atoms with van der Waals surface area (Å²) in [5, 5.41) is 3.34. The first-order chi connectivity index (χ1) is 7.14. The van der Waals surface area contributed by atoms with Crippen molar-refractivity contribution in [3.05, 3.63) is 0 Å². The minimum absolute atomic E-state index is 0.197. The third kappa shape index (κ3) is 2.05. The normalized spacial score (nSPS) is 40.3. The van der Waals surface area contributed by atoms with Gasteiger partial charge in [-0.2, -0.15) is 0 Å². The Hall–Kier alpha value is -0.130. The van der Waals surface area contributed by atoms with Gasteiger partial charge >= 0.3 is 0 Å². The van der Waals surface area contributed by atoms with Crippen molar-refractivity contribution in [3.63, 3.8) is 0 Å². The summed E-state index contributed by atoms with van der Waals surface area (Å²) in [6.07, 6.45) is 2.68. The quantitative estimate of drug-likeness (QED) is 0.693. The molecular formula is C10H18N2O2S. The van der Waals surface area contributed by atoms with E-state index < -0.39 is 9.84 Å². The molecule has 0 aromatic heterocycles. The second kappa shape index (κ2) is 3.43. The van der Waals surface area contributed by atoms with Crippen LogP contribution in [0.5, 0.6) is 0 Å². The fraction of sp³-hybridized carbons (Fsp3) is 1.00. The minimum Gasteiger partial charge on any atom is -0.310 e. The molecular weight excluding hydrogens is 212 g/mol. The van der Waals surface area contributed by atoms with Crippen LogP contribution in [-0.4, -0.2) is 56.5 Å². The summed E-state index contributed by atoms with van der Waals surface area (Å²) < 4.78 is 23.2. The lowest BCUT2D eigenvalue weighted by molar-refractivity contribution is 0.143. The highest BCUT2D eigenvalue weighted by Crippen LogP contribution is 2.32. The van der Waals surface area contributed by atoms with Crippen molar-refractivity contribution < 1.29 is 8.42 Å². The van der Waals surface area contributed by atoms with E-state index in [1.165, 1.54) is 12.8 Å². The molecule has 0 aromatic carbocycles. The lowest BCUT2D eigenvalue weighted by Gasteiger charge is -2.37. The van der Waals surface area contributed by atoms with Crippen molar-refractivity contribution in [1.82, 2.24) is 10.2 Å². The van der Waals surface area contributed by atoms with E-state index in [1.807, 2.05) is 0 Å². The molecule has 3 aliphatic rings. The molecule has 1 saturated carbocycles. The Balaban J connectivity index is 1.73. The smallest absolute Gasteiger partial charge is 0.153 e. The summed E-state index contributed by atoms with van der Waals surface area (Å²) in [6.45, 7) is 3.09. The van der Waals surface area contributed by atoms with Crippen molar-refractivity contribution in [2.75, 3.05) is 31.1 Å². The average molecular weight is 230 g/mol. The van der Waals surface area contributed by atoms with E-state index in [4.69, 9.17) is 0 Å². The summed E-state index contributed by atoms with van der Waals surface area (Å²) in [4.78, 5) is 2.41. The van der Waals surface area contributed by atoms with E-state index in [2.05, 4.69) is 10.2 Å². The fourth-order valence-electron chi connectivity index (χ4n) is 2.80. The van der Waals surface area contributed by atoms with Crippen molar-refractivity contribution in [1.29, 1.82) is 0 Å². The van der Waals surface area contributed by atoms with Crippen LogP contribution >= 0.6 is 0 Å². The van der Waals surface area contributed by atoms with Crippen LogP contribution in [0.25, 0.3) is 0 Å². The molecule has 0 spiro atoms. The van der Waals surface area contributed by atoms with Crippen LogP contribution in [0, 0.1) is 5.92 Å². The molecule has 0 radical (unpaired) electrons. The molecule has 15 heavy (non-hydrogen) atoms. The standard InChI is InChI=1S/C10H18N2O2S/c13-15(14)6-9-10(7-15)12(4-3-11-9)5-8-1-2-8/h8-11H,1-7H2. The predicted molar refractivity (Wildman–Crippen MR) is 58.5 cm³/mol. The number of hydrogen-bond acceptors (Lipinski definition) is 4. The first kappa shape index (κ1) is 10.1. The Morgan fingerprint density at radius 3 is 2.80 bits per heavy atom. The largest absolute Gasteiger partial charge is 0.310 e. The molecule has 1 N–H and O–H groups in total. The molecule has 0 amide bonds. The van der Waals surface area contributed by atoms with Crippen molar-refractivity contribution in [2.45, 2.75) is 24.9 Å². The van der Waals surface area contributed by atoms with Gasteiger partial charge < -0.3 is 5.32 Å². The number of hydrogen-bond donors (Lipinski definition) is 1. The van der Waals surface area contributed by atoms with E-state index in [1.54, 1.807) is 0 Å². The molecule has 2 saturated heterocycles. The number of piperazine rings is 1. The molecule has 1 aliphatic carbocycles. The number of fused-ring (bicyclic) bond motifs is 1. The second-order valence-electron chi connectivity index (χ2n) is 5.14. The first-order valence-electron chi connectivity index (χ1n) is 5.82. The van der Waals surface area contributed by atoms with Gasteiger partial charge in [-0.05, 0) is 18.8 Å². The molecule has 2 aliphatic heterocycles. The Bertz CT molecular complexity index is 350. The Labute approximate surface area is 90.9 Å². The van der Waals surface area contributed by atoms with Gasteiger partial charge in [0.2, 0.25) is 0 Å². The van der Waals surface area contributed by atoms with E-state index in [0.717, 1.165) is 25.6 Å². The van der Waals surface area contributed by atoms with Crippen LogP contribution in [0.2, 0.25) is 0 Å². The van der Waals surface area contributed by atoms with Crippen LogP contribution < -0.4 is 5.32 Å². The Morgan fingerprint density at radius 2 is 2.07 bits per heavy atom. The van der Waals surface area contributed by atoms with Gasteiger partial charge in [-0.15, -0.1) is 0 Å². The maximum Gasteiger partial charge on any atom is 0.153 e. The Kier molecular flexibility index (Phi) is 2.30. The zero-order valence-corrected chi connectivity index (χ0v) is 9.67. The van der Waals surface area contributed by atoms with Crippen molar-refractivity contribution in [2.24, 2.45) is 5.92 Å². The molecule has 0 bridgehead atoms. The lowest BCUT2D eigenvalue weighted by Crippen LogP contribution is -2.57. The van der Waals surface area contributed by atoms with E-state index in [9.17, 15) is 8.42 Å². The topological polar surface area (TPSA) is 49.4 Å². The van der Waals surface area contributed by atoms with Crippen molar-refractivity contribution in [3.8, 4) is 0 Å². The van der Waals surface area contributed by atoms with Crippen LogP contribution in [0.1, 0.15) is 12.8 Å². The van der Waals surface area contributed by atoms with Crippen LogP contribution in [0.15, 0.2) is 0 Å². The highest BCUT2D eigenvalue weighted by Gasteiger charge is 2.43. The van der Waals surface area contributed by atoms with Gasteiger partial charge in [0.25, 0.3) is 0 Å². The van der Waals surface area contributed by atoms with Gasteiger partial charge in [0.15, 0.2) is 9.84 Å². The monoisotopic (exact) mass is 230 g/mol. The fourth-order valence-corrected chi connectivity index (χ4v) is 4.79. The van der Waals surface area contributed by atoms with Crippen LogP contribution in [0.3, 0.4) is 0 Å². The average Bonchev–Trinajstić information content (AvgIpc) is 2.88. The van der Waals surface area contributed by atoms with Crippen LogP contribution in [-0.2, 0) is 9.84 Å². The second-order valence-corrected chi connectivity index (χ2v) is 7.30. The first-order valence-corrected chi connectivity index (χ1v) is 7.64. The third-order valence-electron chi connectivity index (χ3n) is 3.79. The van der Waals surface area contributed by atoms with Gasteiger partial charge in [0.05, 0.1) is 11.5 Å². The number of nitrogens with zero attached hydrogens (tertiary/aromatic N) is 1. The third-order valence-corrected chi connectivity index (χ3v) is 5.50. The molecule has 0 aromatic rings. The molecule has 2 unspecified atom stereocenters. The maximum absolute atomic E-state index is 11.6. The highest BCUT2D eigenvalue weighted by molar-refractivity contribution is 7.91. The molecule has 4 nitrogen and oxygen atoms in total. The number of sulfone groups is 1. The highest BCUT2D eigenvalue weighted by atomic mass is 32.2. The molecule has 2 atom stereocenters. The SMILES string of the molecule is O=S1(=O)CC2NCCN(CC3CC3)C2C1. The summed E-state index contributed by atoms with van der Waals surface area (Å²) in [6, 6.07) is 0.451. The van der Waals surface area contributed by atoms with E-state index >= 15 is 0 Å². The van der Waals surface area contributed by atoms with Gasteiger partial charge in [-0.1, -0.05) is 0 Å². The van der Waals surface area contributed by atoms with Gasteiger partial charge in [-0.25, -0.2) is 8.42 Å². The molecule has 2 heterocycles. The number of nitrogens with one attached hydrogen (secondary N) is 1. The summed E-state index contributed by atoms with van der Waals surface area (Å²) >= 11 is 0. The van der Waals surface area contributed by atoms with E-state index in [-0.39, 0.29) is 12.1 Å². The molecule has 86 valence electrons. The van der Waals surface area contributed by atoms with Crippen molar-refractivity contribution >= 4 is 9.84 Å². The Morgan fingerprint density at radius 1 is 1.27 bits per heavy atom. The summed E-state index contributed by atoms with van der Waals surface area (Å²) in [7, 11) is -2.78. The van der Waals surface area contributed by atoms with Gasteiger partial charge in [0.1, 0.15) is 0 Å². The lowest BCUT2D eigenvalue weighted by atomic mass is 10.1. The zero-order chi connectivity index (χ0) is 10.5. The van der Waals surface area contributed by atoms with Gasteiger partial charge in [-0.3, -0.25) is 4.90 Å². The molecule has 3 fully saturated rings. The predicted octanol–water partition coefficient (Wildman–Crippen LogP) is -0.533. The summed E-state index contributed by atoms with van der Waals surface area (Å²) in [5.74, 6) is 1.57. The molecule has 5 heteroatoms.